The summed E-state index contributed by atoms with van der Waals surface area (Å²) in [6, 6.07) is 8.63. The van der Waals surface area contributed by atoms with Crippen molar-refractivity contribution in [3.63, 3.8) is 0 Å². The number of primary amides is 1. The minimum Gasteiger partial charge on any atom is -0.477 e. The molecule has 0 bridgehead atoms. The zero-order valence-electron chi connectivity index (χ0n) is 12.9. The summed E-state index contributed by atoms with van der Waals surface area (Å²) in [5.74, 6) is -1.54. The van der Waals surface area contributed by atoms with Gasteiger partial charge < -0.3 is 15.6 Å². The molecular weight excluding hydrogens is 332 g/mol. The summed E-state index contributed by atoms with van der Waals surface area (Å²) in [7, 11) is 0. The SMILES string of the molecule is CC1=C(C(=O)O)N2C(=O)C(CC(N)=O)(Oc3ccccc3)[C@@H]2SC1. The van der Waals surface area contributed by atoms with Crippen molar-refractivity contribution in [3.8, 4) is 5.75 Å². The lowest BCUT2D eigenvalue weighted by Gasteiger charge is -2.55. The molecule has 7 nitrogen and oxygen atoms in total. The first-order valence-corrected chi connectivity index (χ1v) is 8.32. The molecule has 2 aliphatic heterocycles. The molecule has 2 atom stereocenters. The molecule has 24 heavy (non-hydrogen) atoms. The van der Waals surface area contributed by atoms with Crippen LogP contribution in [0.4, 0.5) is 0 Å². The number of nitrogens with zero attached hydrogens (tertiary/aromatic N) is 1. The molecule has 1 aromatic carbocycles. The molecule has 1 unspecified atom stereocenters. The Morgan fingerprint density at radius 3 is 2.67 bits per heavy atom. The minimum absolute atomic E-state index is 0.0412. The molecule has 0 saturated carbocycles. The van der Waals surface area contributed by atoms with Crippen LogP contribution < -0.4 is 10.5 Å². The fraction of sp³-hybridized carbons (Fsp3) is 0.312. The maximum Gasteiger partial charge on any atom is 0.352 e. The van der Waals surface area contributed by atoms with Gasteiger partial charge in [0.05, 0.1) is 6.42 Å². The van der Waals surface area contributed by atoms with E-state index in [0.717, 1.165) is 0 Å². The molecular formula is C16H16N2O5S. The zero-order chi connectivity index (χ0) is 17.5. The average Bonchev–Trinajstić information content (AvgIpc) is 2.53. The highest BCUT2D eigenvalue weighted by Gasteiger charge is 2.67. The number of fused-ring (bicyclic) bond motifs is 1. The summed E-state index contributed by atoms with van der Waals surface area (Å²) in [4.78, 5) is 37.0. The largest absolute Gasteiger partial charge is 0.477 e. The van der Waals surface area contributed by atoms with Gasteiger partial charge in [0.25, 0.3) is 5.91 Å². The first-order chi connectivity index (χ1) is 11.4. The van der Waals surface area contributed by atoms with Crippen LogP contribution in [0.3, 0.4) is 0 Å². The van der Waals surface area contributed by atoms with Gasteiger partial charge in [-0.15, -0.1) is 11.8 Å². The van der Waals surface area contributed by atoms with E-state index in [0.29, 0.717) is 17.1 Å². The Morgan fingerprint density at radius 2 is 2.08 bits per heavy atom. The van der Waals surface area contributed by atoms with E-state index in [4.69, 9.17) is 10.5 Å². The summed E-state index contributed by atoms with van der Waals surface area (Å²) >= 11 is 1.37. The molecule has 1 fully saturated rings. The summed E-state index contributed by atoms with van der Waals surface area (Å²) in [6.45, 7) is 1.67. The number of carboxylic acids is 1. The second-order valence-corrected chi connectivity index (χ2v) is 6.79. The van der Waals surface area contributed by atoms with Crippen LogP contribution in [0.5, 0.6) is 5.75 Å². The molecule has 3 N–H and O–H groups in total. The number of thioether (sulfide) groups is 1. The van der Waals surface area contributed by atoms with E-state index in [1.54, 1.807) is 37.3 Å². The van der Waals surface area contributed by atoms with E-state index in [2.05, 4.69) is 0 Å². The predicted molar refractivity (Wildman–Crippen MR) is 87.0 cm³/mol. The van der Waals surface area contributed by atoms with E-state index >= 15 is 0 Å². The van der Waals surface area contributed by atoms with Crippen molar-refractivity contribution in [2.24, 2.45) is 5.73 Å². The number of aliphatic carboxylic acids is 1. The number of ether oxygens (including phenoxy) is 1. The third-order valence-electron chi connectivity index (χ3n) is 4.00. The van der Waals surface area contributed by atoms with E-state index in [-0.39, 0.29) is 12.1 Å². The number of β-lactam (4-membered cyclic amide) rings is 1. The van der Waals surface area contributed by atoms with Gasteiger partial charge in [0.15, 0.2) is 0 Å². The summed E-state index contributed by atoms with van der Waals surface area (Å²) in [6.07, 6.45) is -0.305. The Bertz CT molecular complexity index is 748. The van der Waals surface area contributed by atoms with E-state index < -0.39 is 28.8 Å². The zero-order valence-corrected chi connectivity index (χ0v) is 13.7. The van der Waals surface area contributed by atoms with Crippen LogP contribution in [0, 0.1) is 0 Å². The molecule has 3 rings (SSSR count). The van der Waals surface area contributed by atoms with Crippen LogP contribution >= 0.6 is 11.8 Å². The number of para-hydroxylation sites is 1. The number of nitrogens with two attached hydrogens (primary N) is 1. The second-order valence-electron chi connectivity index (χ2n) is 5.72. The Hall–Kier alpha value is -2.48. The van der Waals surface area contributed by atoms with Crippen molar-refractivity contribution in [2.75, 3.05) is 5.75 Å². The normalized spacial score (nSPS) is 25.8. The van der Waals surface area contributed by atoms with Crippen LogP contribution in [0.2, 0.25) is 0 Å². The topological polar surface area (TPSA) is 110 Å². The molecule has 2 heterocycles. The maximum atomic E-state index is 12.8. The van der Waals surface area contributed by atoms with Gasteiger partial charge in [-0.1, -0.05) is 18.2 Å². The summed E-state index contributed by atoms with van der Waals surface area (Å²) in [5.41, 5.74) is 4.41. The third-order valence-corrected chi connectivity index (χ3v) is 5.51. The molecule has 1 saturated heterocycles. The first-order valence-electron chi connectivity index (χ1n) is 7.27. The van der Waals surface area contributed by atoms with Crippen LogP contribution in [0.15, 0.2) is 41.6 Å². The lowest BCUT2D eigenvalue weighted by molar-refractivity contribution is -0.175. The number of carbonyl (C=O) groups excluding carboxylic acids is 2. The first kappa shape index (κ1) is 16.4. The number of rotatable bonds is 5. The van der Waals surface area contributed by atoms with Gasteiger partial charge in [-0.05, 0) is 24.6 Å². The van der Waals surface area contributed by atoms with Crippen LogP contribution in [0.25, 0.3) is 0 Å². The lowest BCUT2D eigenvalue weighted by atomic mass is 9.86. The molecule has 0 radical (unpaired) electrons. The highest BCUT2D eigenvalue weighted by atomic mass is 32.2. The van der Waals surface area contributed by atoms with Crippen molar-refractivity contribution < 1.29 is 24.2 Å². The smallest absolute Gasteiger partial charge is 0.352 e. The number of carboxylic acid groups (broad SMARTS) is 1. The van der Waals surface area contributed by atoms with Gasteiger partial charge in [0, 0.05) is 5.75 Å². The van der Waals surface area contributed by atoms with Crippen LogP contribution in [-0.4, -0.2) is 44.5 Å². The molecule has 8 heteroatoms. The number of carbonyl (C=O) groups is 3. The molecule has 2 aliphatic rings. The molecule has 0 spiro atoms. The van der Waals surface area contributed by atoms with Crippen molar-refractivity contribution in [1.82, 2.24) is 4.90 Å². The Labute approximate surface area is 142 Å². The summed E-state index contributed by atoms with van der Waals surface area (Å²) < 4.78 is 5.87. The Balaban J connectivity index is 1.99. The number of amides is 2. The highest BCUT2D eigenvalue weighted by Crippen LogP contribution is 2.49. The van der Waals surface area contributed by atoms with Gasteiger partial charge in [0.1, 0.15) is 16.8 Å². The van der Waals surface area contributed by atoms with Crippen LogP contribution in [-0.2, 0) is 14.4 Å². The van der Waals surface area contributed by atoms with Crippen molar-refractivity contribution in [1.29, 1.82) is 0 Å². The maximum absolute atomic E-state index is 12.8. The van der Waals surface area contributed by atoms with Crippen molar-refractivity contribution >= 4 is 29.5 Å². The number of hydrogen-bond acceptors (Lipinski definition) is 5. The van der Waals surface area contributed by atoms with E-state index in [1.807, 2.05) is 0 Å². The monoisotopic (exact) mass is 348 g/mol. The fourth-order valence-corrected chi connectivity index (χ4v) is 4.40. The van der Waals surface area contributed by atoms with E-state index in [1.165, 1.54) is 16.7 Å². The highest BCUT2D eigenvalue weighted by molar-refractivity contribution is 8.00. The fourth-order valence-electron chi connectivity index (χ4n) is 3.00. The van der Waals surface area contributed by atoms with Gasteiger partial charge in [-0.2, -0.15) is 0 Å². The van der Waals surface area contributed by atoms with E-state index in [9.17, 15) is 19.5 Å². The second kappa shape index (κ2) is 5.86. The van der Waals surface area contributed by atoms with Crippen molar-refractivity contribution in [3.05, 3.63) is 41.6 Å². The molecule has 126 valence electrons. The molecule has 0 aliphatic carbocycles. The molecule has 0 aromatic heterocycles. The van der Waals surface area contributed by atoms with Gasteiger partial charge in [-0.25, -0.2) is 4.79 Å². The third kappa shape index (κ3) is 2.43. The van der Waals surface area contributed by atoms with Crippen molar-refractivity contribution in [2.45, 2.75) is 24.3 Å². The van der Waals surface area contributed by atoms with Gasteiger partial charge in [-0.3, -0.25) is 14.5 Å². The number of hydrogen-bond donors (Lipinski definition) is 2. The Kier molecular flexibility index (Phi) is 4.00. The Morgan fingerprint density at radius 1 is 1.42 bits per heavy atom. The lowest BCUT2D eigenvalue weighted by Crippen LogP contribution is -2.76. The van der Waals surface area contributed by atoms with Gasteiger partial charge in [0.2, 0.25) is 11.5 Å². The van der Waals surface area contributed by atoms with Crippen LogP contribution in [0.1, 0.15) is 13.3 Å². The number of benzene rings is 1. The minimum atomic E-state index is -1.47. The predicted octanol–water partition coefficient (Wildman–Crippen LogP) is 0.953. The average molecular weight is 348 g/mol. The molecule has 2 amide bonds. The quantitative estimate of drug-likeness (QED) is 0.767. The summed E-state index contributed by atoms with van der Waals surface area (Å²) in [5, 5.41) is 8.79. The van der Waals surface area contributed by atoms with Gasteiger partial charge >= 0.3 is 5.97 Å². The standard InChI is InChI=1S/C16H16N2O5S/c1-9-8-24-15-16(7-11(17)19,23-10-5-3-2-4-6-10)14(22)18(15)12(9)13(20)21/h2-6,15H,7-8H2,1H3,(H2,17,19)(H,20,21)/t15-,16?/m0/s1. The molecule has 1 aromatic rings.